The van der Waals surface area contributed by atoms with E-state index >= 15 is 0 Å². The van der Waals surface area contributed by atoms with Crippen LogP contribution in [0, 0.1) is 6.92 Å². The summed E-state index contributed by atoms with van der Waals surface area (Å²) in [7, 11) is 0. The predicted molar refractivity (Wildman–Crippen MR) is 68.1 cm³/mol. The summed E-state index contributed by atoms with van der Waals surface area (Å²) in [5, 5.41) is 11.0. The minimum Gasteiger partial charge on any atom is -0.378 e. The molecule has 0 saturated heterocycles. The number of nitrogens with zero attached hydrogens (tertiary/aromatic N) is 4. The standard InChI is InChI=1S/C12H17F2N5/c1-3-4-18-7-10(6-16-18)5-15-11-8-19(12(13)14)17-9(11)2/h6-8,12,15H,3-5H2,1-2H3. The fraction of sp³-hybridized carbons (Fsp3) is 0.500. The maximum absolute atomic E-state index is 12.5. The van der Waals surface area contributed by atoms with Crippen molar-refractivity contribution < 1.29 is 8.78 Å². The van der Waals surface area contributed by atoms with E-state index in [0.717, 1.165) is 18.5 Å². The van der Waals surface area contributed by atoms with Gasteiger partial charge in [-0.1, -0.05) is 6.92 Å². The van der Waals surface area contributed by atoms with E-state index in [2.05, 4.69) is 22.4 Å². The van der Waals surface area contributed by atoms with E-state index in [1.165, 1.54) is 6.20 Å². The van der Waals surface area contributed by atoms with Crippen LogP contribution in [0.2, 0.25) is 0 Å². The molecule has 7 heteroatoms. The van der Waals surface area contributed by atoms with Gasteiger partial charge in [0, 0.05) is 24.8 Å². The van der Waals surface area contributed by atoms with E-state index in [1.54, 1.807) is 13.1 Å². The van der Waals surface area contributed by atoms with Crippen LogP contribution in [0.25, 0.3) is 0 Å². The first-order chi connectivity index (χ1) is 9.10. The number of hydrogen-bond donors (Lipinski definition) is 1. The van der Waals surface area contributed by atoms with Crippen molar-refractivity contribution in [3.63, 3.8) is 0 Å². The van der Waals surface area contributed by atoms with E-state index in [9.17, 15) is 8.78 Å². The van der Waals surface area contributed by atoms with Gasteiger partial charge >= 0.3 is 6.55 Å². The molecular weight excluding hydrogens is 252 g/mol. The molecule has 2 rings (SSSR count). The van der Waals surface area contributed by atoms with Gasteiger partial charge in [-0.05, 0) is 13.3 Å². The number of nitrogens with one attached hydrogen (secondary N) is 1. The van der Waals surface area contributed by atoms with E-state index < -0.39 is 6.55 Å². The van der Waals surface area contributed by atoms with Crippen molar-refractivity contribution in [2.75, 3.05) is 5.32 Å². The van der Waals surface area contributed by atoms with Gasteiger partial charge in [0.25, 0.3) is 0 Å². The Bertz CT molecular complexity index is 532. The minimum absolute atomic E-state index is 0.541. The molecule has 0 unspecified atom stereocenters. The molecule has 0 saturated carbocycles. The van der Waals surface area contributed by atoms with Gasteiger partial charge in [-0.3, -0.25) is 4.68 Å². The lowest BCUT2D eigenvalue weighted by Crippen LogP contribution is -1.99. The molecule has 2 aromatic heterocycles. The molecule has 2 aromatic rings. The lowest BCUT2D eigenvalue weighted by atomic mass is 10.3. The molecule has 0 aliphatic heterocycles. The highest BCUT2D eigenvalue weighted by molar-refractivity contribution is 5.45. The van der Waals surface area contributed by atoms with Gasteiger partial charge in [-0.15, -0.1) is 0 Å². The quantitative estimate of drug-likeness (QED) is 0.877. The molecule has 0 spiro atoms. The first kappa shape index (κ1) is 13.5. The van der Waals surface area contributed by atoms with Gasteiger partial charge in [-0.2, -0.15) is 19.0 Å². The average Bonchev–Trinajstić information content (AvgIpc) is 2.94. The van der Waals surface area contributed by atoms with Crippen LogP contribution in [0.5, 0.6) is 0 Å². The fourth-order valence-corrected chi connectivity index (χ4v) is 1.80. The lowest BCUT2D eigenvalue weighted by Gasteiger charge is -2.02. The Morgan fingerprint density at radius 2 is 2.16 bits per heavy atom. The second-order valence-electron chi connectivity index (χ2n) is 4.35. The van der Waals surface area contributed by atoms with Crippen LogP contribution in [0.1, 0.15) is 31.2 Å². The molecule has 5 nitrogen and oxygen atoms in total. The highest BCUT2D eigenvalue weighted by atomic mass is 19.3. The lowest BCUT2D eigenvalue weighted by molar-refractivity contribution is 0.0563. The molecule has 2 heterocycles. The Kier molecular flexibility index (Phi) is 4.13. The van der Waals surface area contributed by atoms with Crippen LogP contribution in [0.4, 0.5) is 14.5 Å². The molecule has 0 atom stereocenters. The van der Waals surface area contributed by atoms with Gasteiger partial charge in [0.05, 0.1) is 23.8 Å². The van der Waals surface area contributed by atoms with Crippen LogP contribution < -0.4 is 5.32 Å². The van der Waals surface area contributed by atoms with Gasteiger partial charge in [-0.25, -0.2) is 4.68 Å². The minimum atomic E-state index is -2.61. The smallest absolute Gasteiger partial charge is 0.333 e. The first-order valence-electron chi connectivity index (χ1n) is 6.19. The maximum atomic E-state index is 12.5. The monoisotopic (exact) mass is 269 g/mol. The Balaban J connectivity index is 1.97. The van der Waals surface area contributed by atoms with Crippen LogP contribution in [-0.4, -0.2) is 19.6 Å². The van der Waals surface area contributed by atoms with E-state index in [-0.39, 0.29) is 0 Å². The number of aromatic nitrogens is 4. The highest BCUT2D eigenvalue weighted by Gasteiger charge is 2.11. The molecule has 0 radical (unpaired) electrons. The highest BCUT2D eigenvalue weighted by Crippen LogP contribution is 2.18. The molecular formula is C12H17F2N5. The molecule has 0 bridgehead atoms. The van der Waals surface area contributed by atoms with E-state index in [1.807, 2.05) is 10.9 Å². The molecule has 0 fully saturated rings. The van der Waals surface area contributed by atoms with E-state index in [4.69, 9.17) is 0 Å². The number of hydrogen-bond acceptors (Lipinski definition) is 3. The second kappa shape index (κ2) is 5.81. The van der Waals surface area contributed by atoms with Gasteiger partial charge in [0.15, 0.2) is 0 Å². The zero-order valence-electron chi connectivity index (χ0n) is 11.0. The zero-order chi connectivity index (χ0) is 13.8. The van der Waals surface area contributed by atoms with Crippen molar-refractivity contribution in [3.8, 4) is 0 Å². The number of aryl methyl sites for hydroxylation is 2. The summed E-state index contributed by atoms with van der Waals surface area (Å²) in [5.41, 5.74) is 2.18. The Labute approximate surface area is 110 Å². The summed E-state index contributed by atoms with van der Waals surface area (Å²) in [6.07, 6.45) is 6.06. The number of rotatable bonds is 6. The largest absolute Gasteiger partial charge is 0.378 e. The average molecular weight is 269 g/mol. The van der Waals surface area contributed by atoms with Gasteiger partial charge in [0.1, 0.15) is 0 Å². The van der Waals surface area contributed by atoms with Crippen molar-refractivity contribution in [2.45, 2.75) is 39.9 Å². The third kappa shape index (κ3) is 3.30. The number of alkyl halides is 2. The van der Waals surface area contributed by atoms with Crippen LogP contribution in [-0.2, 0) is 13.1 Å². The summed E-state index contributed by atoms with van der Waals surface area (Å²) in [5.74, 6) is 0. The molecule has 1 N–H and O–H groups in total. The van der Waals surface area contributed by atoms with Gasteiger partial charge < -0.3 is 5.32 Å². The normalized spacial score (nSPS) is 11.2. The van der Waals surface area contributed by atoms with Crippen molar-refractivity contribution >= 4 is 5.69 Å². The SMILES string of the molecule is CCCn1cc(CNc2cn(C(F)F)nc2C)cn1. The van der Waals surface area contributed by atoms with Gasteiger partial charge in [0.2, 0.25) is 0 Å². The van der Waals surface area contributed by atoms with Crippen LogP contribution in [0.15, 0.2) is 18.6 Å². The van der Waals surface area contributed by atoms with Crippen molar-refractivity contribution in [2.24, 2.45) is 0 Å². The molecule has 0 aromatic carbocycles. The summed E-state index contributed by atoms with van der Waals surface area (Å²) in [6.45, 7) is 2.59. The fourth-order valence-electron chi connectivity index (χ4n) is 1.80. The van der Waals surface area contributed by atoms with Crippen LogP contribution >= 0.6 is 0 Å². The molecule has 0 aliphatic carbocycles. The topological polar surface area (TPSA) is 47.7 Å². The first-order valence-corrected chi connectivity index (χ1v) is 6.19. The third-order valence-electron chi connectivity index (χ3n) is 2.74. The molecule has 19 heavy (non-hydrogen) atoms. The maximum Gasteiger partial charge on any atom is 0.333 e. The van der Waals surface area contributed by atoms with Crippen molar-refractivity contribution in [1.29, 1.82) is 0 Å². The zero-order valence-corrected chi connectivity index (χ0v) is 11.0. The molecule has 104 valence electrons. The second-order valence-corrected chi connectivity index (χ2v) is 4.35. The summed E-state index contributed by atoms with van der Waals surface area (Å²) < 4.78 is 27.5. The number of anilines is 1. The van der Waals surface area contributed by atoms with Crippen molar-refractivity contribution in [1.82, 2.24) is 19.6 Å². The molecule has 0 aliphatic rings. The Hall–Kier alpha value is -1.92. The van der Waals surface area contributed by atoms with Crippen LogP contribution in [0.3, 0.4) is 0 Å². The summed E-state index contributed by atoms with van der Waals surface area (Å²) >= 11 is 0. The van der Waals surface area contributed by atoms with Crippen molar-refractivity contribution in [3.05, 3.63) is 29.8 Å². The Morgan fingerprint density at radius 1 is 1.37 bits per heavy atom. The molecule has 0 amide bonds. The Morgan fingerprint density at radius 3 is 2.79 bits per heavy atom. The third-order valence-corrected chi connectivity index (χ3v) is 2.74. The summed E-state index contributed by atoms with van der Waals surface area (Å²) in [4.78, 5) is 0. The number of halogens is 2. The predicted octanol–water partition coefficient (Wildman–Crippen LogP) is 2.81. The van der Waals surface area contributed by atoms with E-state index in [0.29, 0.717) is 22.6 Å². The summed E-state index contributed by atoms with van der Waals surface area (Å²) in [6, 6.07) is 0.